The summed E-state index contributed by atoms with van der Waals surface area (Å²) in [4.78, 5) is 26.1. The number of amides is 2. The van der Waals surface area contributed by atoms with Gasteiger partial charge in [0.1, 0.15) is 0 Å². The van der Waals surface area contributed by atoms with Gasteiger partial charge in [0, 0.05) is 30.3 Å². The molecule has 0 aromatic carbocycles. The van der Waals surface area contributed by atoms with Crippen LogP contribution in [0.2, 0.25) is 0 Å². The van der Waals surface area contributed by atoms with E-state index in [1.807, 2.05) is 27.7 Å². The van der Waals surface area contributed by atoms with Gasteiger partial charge in [0.25, 0.3) is 0 Å². The van der Waals surface area contributed by atoms with E-state index in [4.69, 9.17) is 10.8 Å². The van der Waals surface area contributed by atoms with E-state index in [1.165, 1.54) is 0 Å². The zero-order valence-electron chi connectivity index (χ0n) is 12.9. The van der Waals surface area contributed by atoms with Crippen molar-refractivity contribution in [2.45, 2.75) is 64.1 Å². The second-order valence-corrected chi connectivity index (χ2v) is 6.77. The summed E-state index contributed by atoms with van der Waals surface area (Å²) in [5.41, 5.74) is 5.15. The Labute approximate surface area is 120 Å². The number of carbonyl (C=O) groups excluding carboxylic acids is 2. The van der Waals surface area contributed by atoms with Crippen LogP contribution in [0.3, 0.4) is 0 Å². The van der Waals surface area contributed by atoms with Crippen LogP contribution in [0.25, 0.3) is 0 Å². The second kappa shape index (κ2) is 6.10. The normalized spacial score (nSPS) is 21.6. The van der Waals surface area contributed by atoms with Gasteiger partial charge in [-0.1, -0.05) is 0 Å². The number of nitrogens with zero attached hydrogens (tertiary/aromatic N) is 1. The predicted octanol–water partition coefficient (Wildman–Crippen LogP) is -0.00810. The minimum atomic E-state index is -0.616. The van der Waals surface area contributed by atoms with Gasteiger partial charge >= 0.3 is 11.8 Å². The number of likely N-dealkylation sites (tertiary alicyclic amines) is 1. The first-order valence-electron chi connectivity index (χ1n) is 7.11. The molecule has 0 saturated carbocycles. The van der Waals surface area contributed by atoms with Crippen LogP contribution in [0.5, 0.6) is 0 Å². The molecular weight excluding hydrogens is 258 g/mol. The van der Waals surface area contributed by atoms with Gasteiger partial charge in [0.2, 0.25) is 0 Å². The van der Waals surface area contributed by atoms with Crippen molar-refractivity contribution >= 4 is 11.8 Å². The number of rotatable bonds is 3. The van der Waals surface area contributed by atoms with Crippen molar-refractivity contribution in [1.29, 1.82) is 0 Å². The maximum atomic E-state index is 12.4. The van der Waals surface area contributed by atoms with Crippen molar-refractivity contribution in [3.05, 3.63) is 0 Å². The number of hydrogen-bond donors (Lipinski definition) is 3. The molecule has 0 atom stereocenters. The molecule has 1 aliphatic heterocycles. The largest absolute Gasteiger partial charge is 0.396 e. The van der Waals surface area contributed by atoms with E-state index in [1.54, 1.807) is 4.90 Å². The highest BCUT2D eigenvalue weighted by atomic mass is 16.3. The molecule has 0 spiro atoms. The lowest BCUT2D eigenvalue weighted by molar-refractivity contribution is -0.159. The SMILES string of the molecule is CC1(C)CC(N)CC(C)(C)N1C(=O)C(=O)NCCCO. The Kier molecular flexibility index (Phi) is 5.15. The van der Waals surface area contributed by atoms with E-state index in [0.717, 1.165) is 0 Å². The molecule has 4 N–H and O–H groups in total. The van der Waals surface area contributed by atoms with Gasteiger partial charge in [-0.05, 0) is 47.0 Å². The molecule has 0 radical (unpaired) electrons. The molecule has 0 unspecified atom stereocenters. The van der Waals surface area contributed by atoms with Gasteiger partial charge in [-0.3, -0.25) is 9.59 Å². The highest BCUT2D eigenvalue weighted by Gasteiger charge is 2.48. The van der Waals surface area contributed by atoms with Crippen LogP contribution in [0.1, 0.15) is 47.0 Å². The highest BCUT2D eigenvalue weighted by Crippen LogP contribution is 2.37. The van der Waals surface area contributed by atoms with E-state index in [-0.39, 0.29) is 12.6 Å². The number of piperidine rings is 1. The summed E-state index contributed by atoms with van der Waals surface area (Å²) in [6.45, 7) is 8.04. The van der Waals surface area contributed by atoms with E-state index < -0.39 is 22.9 Å². The molecular formula is C14H27N3O3. The molecule has 1 heterocycles. The minimum Gasteiger partial charge on any atom is -0.396 e. The predicted molar refractivity (Wildman–Crippen MR) is 76.9 cm³/mol. The Morgan fingerprint density at radius 1 is 1.25 bits per heavy atom. The van der Waals surface area contributed by atoms with Gasteiger partial charge < -0.3 is 21.1 Å². The summed E-state index contributed by atoms with van der Waals surface area (Å²) in [6, 6.07) is 0.0292. The molecule has 1 saturated heterocycles. The van der Waals surface area contributed by atoms with Crippen molar-refractivity contribution in [2.75, 3.05) is 13.2 Å². The molecule has 6 nitrogen and oxygen atoms in total. The van der Waals surface area contributed by atoms with E-state index in [0.29, 0.717) is 25.8 Å². The van der Waals surface area contributed by atoms with Crippen molar-refractivity contribution in [3.63, 3.8) is 0 Å². The summed E-state index contributed by atoms with van der Waals surface area (Å²) in [6.07, 6.45) is 1.79. The fraction of sp³-hybridized carbons (Fsp3) is 0.857. The Hall–Kier alpha value is -1.14. The second-order valence-electron chi connectivity index (χ2n) is 6.77. The van der Waals surface area contributed by atoms with E-state index in [2.05, 4.69) is 5.32 Å². The van der Waals surface area contributed by atoms with Crippen LogP contribution in [0.15, 0.2) is 0 Å². The number of aliphatic hydroxyl groups is 1. The standard InChI is InChI=1S/C14H27N3O3/c1-13(2)8-10(15)9-14(3,4)17(13)12(20)11(19)16-6-5-7-18/h10,18H,5-9,15H2,1-4H3,(H,16,19). The van der Waals surface area contributed by atoms with Gasteiger partial charge in [0.15, 0.2) is 0 Å². The topological polar surface area (TPSA) is 95.7 Å². The van der Waals surface area contributed by atoms with Crippen molar-refractivity contribution < 1.29 is 14.7 Å². The molecule has 116 valence electrons. The van der Waals surface area contributed by atoms with Crippen LogP contribution in [0.4, 0.5) is 0 Å². The summed E-state index contributed by atoms with van der Waals surface area (Å²) < 4.78 is 0. The van der Waals surface area contributed by atoms with Crippen molar-refractivity contribution in [3.8, 4) is 0 Å². The van der Waals surface area contributed by atoms with Crippen LogP contribution >= 0.6 is 0 Å². The number of hydrogen-bond acceptors (Lipinski definition) is 4. The smallest absolute Gasteiger partial charge is 0.312 e. The maximum Gasteiger partial charge on any atom is 0.312 e. The van der Waals surface area contributed by atoms with E-state index in [9.17, 15) is 9.59 Å². The average molecular weight is 285 g/mol. The minimum absolute atomic E-state index is 0.00990. The van der Waals surface area contributed by atoms with Crippen molar-refractivity contribution in [1.82, 2.24) is 10.2 Å². The molecule has 1 rings (SSSR count). The quantitative estimate of drug-likeness (QED) is 0.502. The fourth-order valence-electron chi connectivity index (χ4n) is 3.37. The highest BCUT2D eigenvalue weighted by molar-refractivity contribution is 6.35. The molecule has 1 fully saturated rings. The Bertz CT molecular complexity index is 362. The van der Waals surface area contributed by atoms with Crippen LogP contribution in [-0.2, 0) is 9.59 Å². The average Bonchev–Trinajstić information content (AvgIpc) is 2.24. The summed E-state index contributed by atoms with van der Waals surface area (Å²) >= 11 is 0. The summed E-state index contributed by atoms with van der Waals surface area (Å²) in [5.74, 6) is -1.14. The van der Waals surface area contributed by atoms with E-state index >= 15 is 0 Å². The van der Waals surface area contributed by atoms with Gasteiger partial charge in [-0.2, -0.15) is 0 Å². The van der Waals surface area contributed by atoms with Gasteiger partial charge in [-0.15, -0.1) is 0 Å². The fourth-order valence-corrected chi connectivity index (χ4v) is 3.37. The van der Waals surface area contributed by atoms with Gasteiger partial charge in [-0.25, -0.2) is 0 Å². The zero-order chi connectivity index (χ0) is 15.6. The molecule has 2 amide bonds. The number of nitrogens with one attached hydrogen (secondary N) is 1. The third-order valence-electron chi connectivity index (χ3n) is 3.75. The Morgan fingerprint density at radius 3 is 2.20 bits per heavy atom. The maximum absolute atomic E-state index is 12.4. The van der Waals surface area contributed by atoms with Gasteiger partial charge in [0.05, 0.1) is 0 Å². The lowest BCUT2D eigenvalue weighted by Crippen LogP contribution is -2.67. The summed E-state index contributed by atoms with van der Waals surface area (Å²) in [7, 11) is 0. The lowest BCUT2D eigenvalue weighted by atomic mass is 9.77. The first-order valence-corrected chi connectivity index (χ1v) is 7.11. The first kappa shape index (κ1) is 16.9. The molecule has 0 aliphatic carbocycles. The van der Waals surface area contributed by atoms with Crippen LogP contribution < -0.4 is 11.1 Å². The third-order valence-corrected chi connectivity index (χ3v) is 3.75. The number of nitrogens with two attached hydrogens (primary N) is 1. The molecule has 0 aromatic heterocycles. The molecule has 0 bridgehead atoms. The van der Waals surface area contributed by atoms with Crippen molar-refractivity contribution in [2.24, 2.45) is 5.73 Å². The third kappa shape index (κ3) is 3.70. The number of aliphatic hydroxyl groups excluding tert-OH is 1. The molecule has 0 aromatic rings. The van der Waals surface area contributed by atoms with Crippen LogP contribution in [0, 0.1) is 0 Å². The first-order chi connectivity index (χ1) is 9.12. The molecule has 1 aliphatic rings. The lowest BCUT2D eigenvalue weighted by Gasteiger charge is -2.54. The van der Waals surface area contributed by atoms with Crippen LogP contribution in [-0.4, -0.2) is 52.1 Å². The molecule has 20 heavy (non-hydrogen) atoms. The monoisotopic (exact) mass is 285 g/mol. The Morgan fingerprint density at radius 2 is 1.75 bits per heavy atom. The Balaban J connectivity index is 2.85. The zero-order valence-corrected chi connectivity index (χ0v) is 12.9. The summed E-state index contributed by atoms with van der Waals surface area (Å²) in [5, 5.41) is 11.2. The number of carbonyl (C=O) groups is 2. The molecule has 6 heteroatoms.